The number of aliphatic hydroxyl groups excluding tert-OH is 1. The number of aliphatic hydroxyl groups is 1. The second-order valence-electron chi connectivity index (χ2n) is 4.39. The third kappa shape index (κ3) is 2.90. The summed E-state index contributed by atoms with van der Waals surface area (Å²) in [5.74, 6) is 0.976. The summed E-state index contributed by atoms with van der Waals surface area (Å²) < 4.78 is 5.49. The van der Waals surface area contributed by atoms with E-state index in [1.165, 1.54) is 0 Å². The minimum atomic E-state index is -0.232. The lowest BCUT2D eigenvalue weighted by atomic mass is 10.1. The number of aromatic hydroxyl groups is 1. The van der Waals surface area contributed by atoms with Crippen LogP contribution < -0.4 is 10.1 Å². The standard InChI is InChI=1S/C13H19NO3/c1-2-9(15)5-6-14-12-8-17-13-7-10(16)3-4-11(12)13/h3-4,7,9,12,14-16H,2,5-6,8H2,1H3. The highest BCUT2D eigenvalue weighted by molar-refractivity contribution is 5.44. The van der Waals surface area contributed by atoms with Crippen LogP contribution in [-0.4, -0.2) is 29.5 Å². The van der Waals surface area contributed by atoms with Crippen molar-refractivity contribution in [2.45, 2.75) is 31.9 Å². The average Bonchev–Trinajstić information content (AvgIpc) is 2.71. The molecule has 17 heavy (non-hydrogen) atoms. The molecule has 1 aromatic carbocycles. The molecule has 1 aliphatic heterocycles. The molecule has 0 saturated carbocycles. The van der Waals surface area contributed by atoms with Crippen LogP contribution in [0.1, 0.15) is 31.4 Å². The Balaban J connectivity index is 1.89. The summed E-state index contributed by atoms with van der Waals surface area (Å²) in [5.41, 5.74) is 1.08. The molecule has 4 heteroatoms. The molecular weight excluding hydrogens is 218 g/mol. The van der Waals surface area contributed by atoms with Crippen molar-refractivity contribution in [2.24, 2.45) is 0 Å². The monoisotopic (exact) mass is 237 g/mol. The highest BCUT2D eigenvalue weighted by Gasteiger charge is 2.23. The zero-order chi connectivity index (χ0) is 12.3. The van der Waals surface area contributed by atoms with Crippen molar-refractivity contribution >= 4 is 0 Å². The van der Waals surface area contributed by atoms with Crippen LogP contribution in [0, 0.1) is 0 Å². The van der Waals surface area contributed by atoms with Crippen LogP contribution in [0.2, 0.25) is 0 Å². The molecule has 0 aromatic heterocycles. The summed E-state index contributed by atoms with van der Waals surface area (Å²) in [5, 5.41) is 22.1. The number of benzene rings is 1. The van der Waals surface area contributed by atoms with Crippen molar-refractivity contribution in [1.29, 1.82) is 0 Å². The van der Waals surface area contributed by atoms with E-state index < -0.39 is 0 Å². The Morgan fingerprint density at radius 3 is 3.12 bits per heavy atom. The van der Waals surface area contributed by atoms with Crippen LogP contribution in [-0.2, 0) is 0 Å². The van der Waals surface area contributed by atoms with Gasteiger partial charge in [0.2, 0.25) is 0 Å². The highest BCUT2D eigenvalue weighted by Crippen LogP contribution is 2.34. The molecule has 0 fully saturated rings. The van der Waals surface area contributed by atoms with Gasteiger partial charge >= 0.3 is 0 Å². The zero-order valence-electron chi connectivity index (χ0n) is 10.0. The fraction of sp³-hybridized carbons (Fsp3) is 0.538. The van der Waals surface area contributed by atoms with Gasteiger partial charge in [0.25, 0.3) is 0 Å². The Hall–Kier alpha value is -1.26. The molecule has 94 valence electrons. The van der Waals surface area contributed by atoms with Crippen molar-refractivity contribution in [3.8, 4) is 11.5 Å². The Labute approximate surface area is 101 Å². The number of rotatable bonds is 5. The summed E-state index contributed by atoms with van der Waals surface area (Å²) in [4.78, 5) is 0. The van der Waals surface area contributed by atoms with E-state index >= 15 is 0 Å². The van der Waals surface area contributed by atoms with Crippen molar-refractivity contribution in [3.63, 3.8) is 0 Å². The maximum absolute atomic E-state index is 9.46. The first-order valence-electron chi connectivity index (χ1n) is 6.08. The Bertz CT molecular complexity index is 381. The minimum absolute atomic E-state index is 0.162. The predicted octanol–water partition coefficient (Wildman–Crippen LogP) is 1.58. The van der Waals surface area contributed by atoms with Gasteiger partial charge in [-0.25, -0.2) is 0 Å². The van der Waals surface area contributed by atoms with Gasteiger partial charge in [0, 0.05) is 11.6 Å². The van der Waals surface area contributed by atoms with Gasteiger partial charge < -0.3 is 20.3 Å². The van der Waals surface area contributed by atoms with Crippen molar-refractivity contribution < 1.29 is 14.9 Å². The molecule has 0 aliphatic carbocycles. The van der Waals surface area contributed by atoms with Gasteiger partial charge in [0.05, 0.1) is 12.1 Å². The van der Waals surface area contributed by atoms with Gasteiger partial charge in [-0.2, -0.15) is 0 Å². The molecule has 1 heterocycles. The van der Waals surface area contributed by atoms with Gasteiger partial charge in [-0.1, -0.05) is 6.92 Å². The Morgan fingerprint density at radius 1 is 1.53 bits per heavy atom. The van der Waals surface area contributed by atoms with E-state index in [1.807, 2.05) is 13.0 Å². The maximum Gasteiger partial charge on any atom is 0.127 e. The number of hydrogen-bond donors (Lipinski definition) is 3. The van der Waals surface area contributed by atoms with Crippen molar-refractivity contribution in [1.82, 2.24) is 5.32 Å². The van der Waals surface area contributed by atoms with E-state index in [2.05, 4.69) is 5.32 Å². The minimum Gasteiger partial charge on any atom is -0.508 e. The highest BCUT2D eigenvalue weighted by atomic mass is 16.5. The average molecular weight is 237 g/mol. The van der Waals surface area contributed by atoms with Crippen LogP contribution in [0.3, 0.4) is 0 Å². The molecule has 4 nitrogen and oxygen atoms in total. The summed E-state index contributed by atoms with van der Waals surface area (Å²) in [6.07, 6.45) is 1.30. The molecule has 0 spiro atoms. The largest absolute Gasteiger partial charge is 0.508 e. The number of phenolic OH excluding ortho intramolecular Hbond substituents is 1. The van der Waals surface area contributed by atoms with Crippen LogP contribution >= 0.6 is 0 Å². The Kier molecular flexibility index (Phi) is 3.86. The van der Waals surface area contributed by atoms with Crippen LogP contribution in [0.25, 0.3) is 0 Å². The molecule has 2 atom stereocenters. The molecule has 3 N–H and O–H groups in total. The fourth-order valence-corrected chi connectivity index (χ4v) is 2.00. The number of nitrogens with one attached hydrogen (secondary N) is 1. The molecule has 0 radical (unpaired) electrons. The molecule has 1 aromatic rings. The smallest absolute Gasteiger partial charge is 0.127 e. The van der Waals surface area contributed by atoms with E-state index in [0.717, 1.165) is 30.7 Å². The summed E-state index contributed by atoms with van der Waals surface area (Å²) >= 11 is 0. The van der Waals surface area contributed by atoms with Gasteiger partial charge in [-0.05, 0) is 31.5 Å². The second kappa shape index (κ2) is 5.38. The zero-order valence-corrected chi connectivity index (χ0v) is 10.0. The second-order valence-corrected chi connectivity index (χ2v) is 4.39. The summed E-state index contributed by atoms with van der Waals surface area (Å²) in [7, 11) is 0. The third-order valence-electron chi connectivity index (χ3n) is 3.12. The molecule has 1 aliphatic rings. The summed E-state index contributed by atoms with van der Waals surface area (Å²) in [6, 6.07) is 5.35. The molecule has 0 amide bonds. The van der Waals surface area contributed by atoms with Gasteiger partial charge in [-0.15, -0.1) is 0 Å². The first-order chi connectivity index (χ1) is 8.20. The number of hydrogen-bond acceptors (Lipinski definition) is 4. The predicted molar refractivity (Wildman–Crippen MR) is 65.3 cm³/mol. The molecule has 0 saturated heterocycles. The normalized spacial score (nSPS) is 19.8. The first-order valence-corrected chi connectivity index (χ1v) is 6.08. The lowest BCUT2D eigenvalue weighted by Gasteiger charge is -2.13. The number of phenols is 1. The molecular formula is C13H19NO3. The topological polar surface area (TPSA) is 61.7 Å². The lowest BCUT2D eigenvalue weighted by Crippen LogP contribution is -2.26. The molecule has 0 bridgehead atoms. The van der Waals surface area contributed by atoms with E-state index in [4.69, 9.17) is 4.74 Å². The van der Waals surface area contributed by atoms with Gasteiger partial charge in [-0.3, -0.25) is 0 Å². The molecule has 2 rings (SSSR count). The maximum atomic E-state index is 9.46. The lowest BCUT2D eigenvalue weighted by molar-refractivity contribution is 0.157. The SMILES string of the molecule is CCC(O)CCNC1COc2cc(O)ccc21. The van der Waals surface area contributed by atoms with Crippen molar-refractivity contribution in [3.05, 3.63) is 23.8 Å². The van der Waals surface area contributed by atoms with E-state index in [1.54, 1.807) is 12.1 Å². The van der Waals surface area contributed by atoms with Crippen LogP contribution in [0.5, 0.6) is 11.5 Å². The van der Waals surface area contributed by atoms with E-state index in [9.17, 15) is 10.2 Å². The van der Waals surface area contributed by atoms with Gasteiger partial charge in [0.1, 0.15) is 18.1 Å². The van der Waals surface area contributed by atoms with E-state index in [0.29, 0.717) is 6.61 Å². The van der Waals surface area contributed by atoms with Crippen molar-refractivity contribution in [2.75, 3.05) is 13.2 Å². The molecule has 2 unspecified atom stereocenters. The third-order valence-corrected chi connectivity index (χ3v) is 3.12. The van der Waals surface area contributed by atoms with Crippen LogP contribution in [0.15, 0.2) is 18.2 Å². The number of fused-ring (bicyclic) bond motifs is 1. The quantitative estimate of drug-likeness (QED) is 0.727. The summed E-state index contributed by atoms with van der Waals surface area (Å²) in [6.45, 7) is 3.33. The van der Waals surface area contributed by atoms with Gasteiger partial charge in [0.15, 0.2) is 0 Å². The number of ether oxygens (including phenoxy) is 1. The van der Waals surface area contributed by atoms with Crippen LogP contribution in [0.4, 0.5) is 0 Å². The van der Waals surface area contributed by atoms with E-state index in [-0.39, 0.29) is 17.9 Å². The Morgan fingerprint density at radius 2 is 2.35 bits per heavy atom. The first kappa shape index (κ1) is 12.2. The fourth-order valence-electron chi connectivity index (χ4n) is 2.00.